The van der Waals surface area contributed by atoms with Crippen molar-refractivity contribution in [3.63, 3.8) is 0 Å². The number of para-hydroxylation sites is 2. The van der Waals surface area contributed by atoms with Gasteiger partial charge < -0.3 is 0 Å². The molecular formula is C17H16ClN2O+. The van der Waals surface area contributed by atoms with E-state index in [1.165, 1.54) is 0 Å². The molecule has 0 radical (unpaired) electrons. The van der Waals surface area contributed by atoms with Crippen molar-refractivity contribution in [1.82, 2.24) is 4.57 Å². The summed E-state index contributed by atoms with van der Waals surface area (Å²) in [6.45, 7) is 2.35. The van der Waals surface area contributed by atoms with Gasteiger partial charge >= 0.3 is 0 Å². The Labute approximate surface area is 128 Å². The Hall–Kier alpha value is -2.13. The van der Waals surface area contributed by atoms with Crippen molar-refractivity contribution < 1.29 is 9.36 Å². The average molecular weight is 300 g/mol. The lowest BCUT2D eigenvalue weighted by atomic mass is 10.1. The molecule has 0 saturated carbocycles. The topological polar surface area (TPSA) is 25.9 Å². The van der Waals surface area contributed by atoms with E-state index in [-0.39, 0.29) is 5.78 Å². The molecule has 0 aliphatic carbocycles. The predicted molar refractivity (Wildman–Crippen MR) is 83.6 cm³/mol. The van der Waals surface area contributed by atoms with E-state index in [4.69, 9.17) is 11.6 Å². The van der Waals surface area contributed by atoms with Crippen LogP contribution in [-0.2, 0) is 13.6 Å². The quantitative estimate of drug-likeness (QED) is 0.538. The number of carbonyl (C=O) groups is 1. The minimum atomic E-state index is 0.0797. The summed E-state index contributed by atoms with van der Waals surface area (Å²) in [5.74, 6) is 1.13. The van der Waals surface area contributed by atoms with Crippen LogP contribution in [0.25, 0.3) is 11.0 Å². The van der Waals surface area contributed by atoms with Crippen LogP contribution in [-0.4, -0.2) is 10.4 Å². The number of halogens is 1. The van der Waals surface area contributed by atoms with Crippen molar-refractivity contribution in [2.24, 2.45) is 7.05 Å². The largest absolute Gasteiger partial charge is 0.290 e. The second-order valence-electron chi connectivity index (χ2n) is 5.11. The lowest BCUT2D eigenvalue weighted by Gasteiger charge is -2.01. The number of fused-ring (bicyclic) bond motifs is 1. The molecule has 2 aromatic carbocycles. The van der Waals surface area contributed by atoms with Crippen LogP contribution in [0.3, 0.4) is 0 Å². The van der Waals surface area contributed by atoms with Gasteiger partial charge in [-0.05, 0) is 36.4 Å². The molecule has 3 rings (SSSR count). The predicted octanol–water partition coefficient (Wildman–Crippen LogP) is 3.31. The molecule has 0 aliphatic heterocycles. The second kappa shape index (κ2) is 5.34. The SMILES string of the molecule is Cc1n(CC(=O)c2ccc(Cl)cc2)c2ccccc2[n+]1C. The number of nitrogens with zero attached hydrogens (tertiary/aromatic N) is 2. The highest BCUT2D eigenvalue weighted by Gasteiger charge is 2.21. The number of ketones is 1. The van der Waals surface area contributed by atoms with Crippen molar-refractivity contribution in [3.05, 3.63) is 64.9 Å². The van der Waals surface area contributed by atoms with E-state index in [0.29, 0.717) is 17.1 Å². The first-order chi connectivity index (χ1) is 10.1. The lowest BCUT2D eigenvalue weighted by molar-refractivity contribution is -0.652. The Bertz CT molecular complexity index is 819. The van der Waals surface area contributed by atoms with Gasteiger partial charge in [-0.2, -0.15) is 0 Å². The second-order valence-corrected chi connectivity index (χ2v) is 5.55. The molecule has 0 aliphatic rings. The minimum absolute atomic E-state index is 0.0797. The van der Waals surface area contributed by atoms with Crippen LogP contribution in [0.15, 0.2) is 48.5 Å². The molecule has 1 heterocycles. The minimum Gasteiger partial charge on any atom is -0.290 e. The summed E-state index contributed by atoms with van der Waals surface area (Å²) in [6.07, 6.45) is 0. The zero-order valence-corrected chi connectivity index (χ0v) is 12.8. The van der Waals surface area contributed by atoms with Crippen LogP contribution >= 0.6 is 11.6 Å². The number of aromatic nitrogens is 2. The third-order valence-corrected chi connectivity index (χ3v) is 4.13. The van der Waals surface area contributed by atoms with Gasteiger partial charge in [-0.25, -0.2) is 9.13 Å². The van der Waals surface area contributed by atoms with Gasteiger partial charge in [-0.1, -0.05) is 23.7 Å². The first-order valence-electron chi connectivity index (χ1n) is 6.80. The van der Waals surface area contributed by atoms with Gasteiger partial charge in [0.05, 0.1) is 7.05 Å². The first-order valence-corrected chi connectivity index (χ1v) is 7.18. The highest BCUT2D eigenvalue weighted by molar-refractivity contribution is 6.30. The monoisotopic (exact) mass is 299 g/mol. The molecule has 0 atom stereocenters. The smallest absolute Gasteiger partial charge is 0.254 e. The third kappa shape index (κ3) is 2.45. The summed E-state index contributed by atoms with van der Waals surface area (Å²) >= 11 is 5.86. The molecular weight excluding hydrogens is 284 g/mol. The number of aryl methyl sites for hydroxylation is 1. The summed E-state index contributed by atoms with van der Waals surface area (Å²) in [4.78, 5) is 12.5. The highest BCUT2D eigenvalue weighted by atomic mass is 35.5. The standard InChI is InChI=1S/C17H16ClN2O/c1-12-19(2)15-5-3-4-6-16(15)20(12)11-17(21)13-7-9-14(18)10-8-13/h3-10H,11H2,1-2H3/q+1. The van der Waals surface area contributed by atoms with E-state index < -0.39 is 0 Å². The van der Waals surface area contributed by atoms with Gasteiger partial charge in [0.15, 0.2) is 17.6 Å². The molecule has 3 aromatic rings. The van der Waals surface area contributed by atoms with Crippen molar-refractivity contribution in [2.45, 2.75) is 13.5 Å². The van der Waals surface area contributed by atoms with Gasteiger partial charge in [-0.15, -0.1) is 0 Å². The summed E-state index contributed by atoms with van der Waals surface area (Å²) in [5, 5.41) is 0.639. The fourth-order valence-corrected chi connectivity index (χ4v) is 2.70. The molecule has 0 spiro atoms. The average Bonchev–Trinajstić information content (AvgIpc) is 2.73. The van der Waals surface area contributed by atoms with Gasteiger partial charge in [0.25, 0.3) is 5.82 Å². The summed E-state index contributed by atoms with van der Waals surface area (Å²) in [5.41, 5.74) is 2.87. The number of Topliss-reactive ketones (excluding diaryl/α,β-unsaturated/α-hetero) is 1. The number of hydrogen-bond acceptors (Lipinski definition) is 1. The van der Waals surface area contributed by atoms with Crippen LogP contribution in [0.1, 0.15) is 16.2 Å². The molecule has 21 heavy (non-hydrogen) atoms. The Morgan fingerprint density at radius 3 is 2.52 bits per heavy atom. The van der Waals surface area contributed by atoms with E-state index in [1.54, 1.807) is 24.3 Å². The zero-order valence-electron chi connectivity index (χ0n) is 12.0. The van der Waals surface area contributed by atoms with E-state index in [0.717, 1.165) is 16.9 Å². The van der Waals surface area contributed by atoms with Gasteiger partial charge in [0.2, 0.25) is 5.78 Å². The van der Waals surface area contributed by atoms with Crippen molar-refractivity contribution >= 4 is 28.4 Å². The van der Waals surface area contributed by atoms with Crippen LogP contribution in [0.2, 0.25) is 5.02 Å². The van der Waals surface area contributed by atoms with Gasteiger partial charge in [0.1, 0.15) is 0 Å². The highest BCUT2D eigenvalue weighted by Crippen LogP contribution is 2.16. The van der Waals surface area contributed by atoms with E-state index >= 15 is 0 Å². The molecule has 0 N–H and O–H groups in total. The fraction of sp³-hybridized carbons (Fsp3) is 0.176. The number of imidazole rings is 1. The molecule has 1 aromatic heterocycles. The number of hydrogen-bond donors (Lipinski definition) is 0. The van der Waals surface area contributed by atoms with Gasteiger partial charge in [-0.3, -0.25) is 4.79 Å². The van der Waals surface area contributed by atoms with Crippen LogP contribution in [0.4, 0.5) is 0 Å². The van der Waals surface area contributed by atoms with E-state index in [9.17, 15) is 4.79 Å². The maximum Gasteiger partial charge on any atom is 0.254 e. The molecule has 106 valence electrons. The normalized spacial score (nSPS) is 11.0. The Balaban J connectivity index is 2.00. The van der Waals surface area contributed by atoms with Crippen molar-refractivity contribution in [3.8, 4) is 0 Å². The van der Waals surface area contributed by atoms with E-state index in [1.807, 2.05) is 36.7 Å². The first kappa shape index (κ1) is 13.8. The summed E-state index contributed by atoms with van der Waals surface area (Å²) < 4.78 is 4.15. The maximum atomic E-state index is 12.5. The molecule has 0 unspecified atom stereocenters. The third-order valence-electron chi connectivity index (χ3n) is 3.88. The number of rotatable bonds is 3. The van der Waals surface area contributed by atoms with Crippen molar-refractivity contribution in [2.75, 3.05) is 0 Å². The Morgan fingerprint density at radius 1 is 1.14 bits per heavy atom. The van der Waals surface area contributed by atoms with E-state index in [2.05, 4.69) is 10.6 Å². The molecule has 0 bridgehead atoms. The number of benzene rings is 2. The van der Waals surface area contributed by atoms with Crippen LogP contribution in [0, 0.1) is 6.92 Å². The van der Waals surface area contributed by atoms with Crippen molar-refractivity contribution in [1.29, 1.82) is 0 Å². The summed E-state index contributed by atoms with van der Waals surface area (Å²) in [7, 11) is 2.01. The molecule has 0 saturated heterocycles. The Morgan fingerprint density at radius 2 is 1.81 bits per heavy atom. The summed E-state index contributed by atoms with van der Waals surface area (Å²) in [6, 6.07) is 15.1. The molecule has 0 amide bonds. The molecule has 4 heteroatoms. The molecule has 3 nitrogen and oxygen atoms in total. The fourth-order valence-electron chi connectivity index (χ4n) is 2.58. The lowest BCUT2D eigenvalue weighted by Crippen LogP contribution is -2.31. The zero-order chi connectivity index (χ0) is 15.0. The number of carbonyl (C=O) groups excluding carboxylic acids is 1. The molecule has 0 fully saturated rings. The van der Waals surface area contributed by atoms with Gasteiger partial charge in [0, 0.05) is 17.5 Å². The maximum absolute atomic E-state index is 12.5. The van der Waals surface area contributed by atoms with Crippen LogP contribution < -0.4 is 4.57 Å². The van der Waals surface area contributed by atoms with Crippen LogP contribution in [0.5, 0.6) is 0 Å². The Kier molecular flexibility index (Phi) is 3.52.